The number of hydrogen-bond donors (Lipinski definition) is 2. The van der Waals surface area contributed by atoms with E-state index in [0.29, 0.717) is 23.4 Å². The van der Waals surface area contributed by atoms with Crippen molar-refractivity contribution in [1.29, 1.82) is 0 Å². The number of carbonyl (C=O) groups is 2. The number of esters is 1. The molecule has 6 atom stereocenters. The van der Waals surface area contributed by atoms with E-state index in [2.05, 4.69) is 10.3 Å². The summed E-state index contributed by atoms with van der Waals surface area (Å²) in [5, 5.41) is 14.5. The summed E-state index contributed by atoms with van der Waals surface area (Å²) in [6.45, 7) is 6.38. The number of rotatable bonds is 12. The summed E-state index contributed by atoms with van der Waals surface area (Å²) >= 11 is 6.10. The van der Waals surface area contributed by atoms with Crippen LogP contribution in [0.1, 0.15) is 71.3 Å². The Bertz CT molecular complexity index is 1450. The van der Waals surface area contributed by atoms with Gasteiger partial charge in [0.2, 0.25) is 0 Å². The molecule has 4 rings (SSSR count). The number of halogens is 1. The van der Waals surface area contributed by atoms with Gasteiger partial charge in [-0.05, 0) is 37.1 Å². The first-order valence-corrected chi connectivity index (χ1v) is 16.6. The number of amides is 1. The molecule has 248 valence electrons. The maximum Gasteiger partial charge on any atom is 0.475 e. The van der Waals surface area contributed by atoms with Crippen LogP contribution in [0.5, 0.6) is 0 Å². The molecule has 1 aromatic heterocycles. The highest BCUT2D eigenvalue weighted by atomic mass is 35.5. The lowest BCUT2D eigenvalue weighted by atomic mass is 9.96. The second kappa shape index (κ2) is 15.2. The van der Waals surface area contributed by atoms with Gasteiger partial charge in [-0.3, -0.25) is 28.2 Å². The molecule has 1 aromatic carbocycles. The number of unbranched alkanes of at least 4 members (excludes halogenated alkanes) is 2. The van der Waals surface area contributed by atoms with Gasteiger partial charge in [-0.15, -0.1) is 0 Å². The second-order valence-corrected chi connectivity index (χ2v) is 13.3. The lowest BCUT2D eigenvalue weighted by Crippen LogP contribution is -2.49. The van der Waals surface area contributed by atoms with E-state index in [9.17, 15) is 24.1 Å². The molecule has 2 saturated heterocycles. The van der Waals surface area contributed by atoms with Gasteiger partial charge in [-0.25, -0.2) is 14.2 Å². The third-order valence-electron chi connectivity index (χ3n) is 7.23. The zero-order valence-electron chi connectivity index (χ0n) is 25.5. The number of ether oxygens (including phenoxy) is 3. The van der Waals surface area contributed by atoms with Crippen LogP contribution in [0, 0.1) is 5.92 Å². The summed E-state index contributed by atoms with van der Waals surface area (Å²) in [6, 6.07) is 8.23. The van der Waals surface area contributed by atoms with E-state index >= 15 is 0 Å². The molecular formula is C29H39ClN3O11P. The molecule has 0 bridgehead atoms. The molecule has 1 amide bonds. The third kappa shape index (κ3) is 8.91. The van der Waals surface area contributed by atoms with E-state index in [-0.39, 0.29) is 19.0 Å². The fourth-order valence-electron chi connectivity index (χ4n) is 4.82. The topological polar surface area (TPSA) is 174 Å². The van der Waals surface area contributed by atoms with E-state index in [1.807, 2.05) is 6.92 Å². The van der Waals surface area contributed by atoms with Gasteiger partial charge in [0.15, 0.2) is 12.3 Å². The molecule has 1 unspecified atom stereocenters. The smallest absolute Gasteiger partial charge is 0.456 e. The number of carbonyl (C=O) groups excluding carboxylic acids is 2. The van der Waals surface area contributed by atoms with E-state index in [4.69, 9.17) is 39.4 Å². The van der Waals surface area contributed by atoms with Crippen LogP contribution in [0.3, 0.4) is 0 Å². The Morgan fingerprint density at radius 3 is 2.76 bits per heavy atom. The largest absolute Gasteiger partial charge is 0.475 e. The van der Waals surface area contributed by atoms with Gasteiger partial charge in [0.05, 0.1) is 31.8 Å². The fraction of sp³-hybridized carbons (Fsp3) is 0.586. The average Bonchev–Trinajstić information content (AvgIpc) is 3.23. The van der Waals surface area contributed by atoms with Crippen LogP contribution in [0.2, 0.25) is 5.02 Å². The number of benzene rings is 1. The maximum atomic E-state index is 13.5. The van der Waals surface area contributed by atoms with Crippen LogP contribution in [-0.4, -0.2) is 64.3 Å². The minimum atomic E-state index is -4.14. The van der Waals surface area contributed by atoms with Crippen molar-refractivity contribution in [2.24, 2.45) is 5.92 Å². The number of hydrogen-bond acceptors (Lipinski definition) is 12. The van der Waals surface area contributed by atoms with Gasteiger partial charge in [0.1, 0.15) is 17.5 Å². The molecule has 45 heavy (non-hydrogen) atoms. The predicted molar refractivity (Wildman–Crippen MR) is 162 cm³/mol. The molecule has 2 aromatic rings. The standard InChI is InChI=1S/C29H39ClN3O11P/c1-5-6-7-14-39-28(36)32-23-11-13-33(27(35)31-23)26-29(4,37)24(43-25(34)18(2)3)22(42-26)17-41-45(38)40-15-12-21(44-45)19-9-8-10-20(30)16-19/h8-11,13,16,18,21-22,24,26,37H,5-7,12,14-15,17H2,1-4H3,(H,31,32,35,36)/t21-,22+,24+,26+,29+,45?/m0/s1. The molecule has 2 fully saturated rings. The van der Waals surface area contributed by atoms with Crippen molar-refractivity contribution in [2.45, 2.75) is 83.5 Å². The summed E-state index contributed by atoms with van der Waals surface area (Å²) in [7, 11) is -4.14. The molecule has 0 spiro atoms. The van der Waals surface area contributed by atoms with E-state index < -0.39 is 68.2 Å². The zero-order chi connectivity index (χ0) is 32.8. The Hall–Kier alpha value is -2.84. The normalized spacial score (nSPS) is 28.2. The minimum absolute atomic E-state index is 0.0693. The van der Waals surface area contributed by atoms with Gasteiger partial charge in [-0.2, -0.15) is 4.98 Å². The molecule has 0 aliphatic carbocycles. The van der Waals surface area contributed by atoms with Crippen molar-refractivity contribution in [3.8, 4) is 0 Å². The summed E-state index contributed by atoms with van der Waals surface area (Å²) in [4.78, 5) is 41.6. The zero-order valence-corrected chi connectivity index (χ0v) is 27.2. The van der Waals surface area contributed by atoms with Crippen LogP contribution >= 0.6 is 19.4 Å². The summed E-state index contributed by atoms with van der Waals surface area (Å²) < 4.78 is 47.8. The molecule has 14 nitrogen and oxygen atoms in total. The molecule has 16 heteroatoms. The van der Waals surface area contributed by atoms with Gasteiger partial charge in [0, 0.05) is 17.6 Å². The molecular weight excluding hydrogens is 633 g/mol. The maximum absolute atomic E-state index is 13.5. The number of anilines is 1. The number of aliphatic hydroxyl groups is 1. The van der Waals surface area contributed by atoms with Crippen LogP contribution in [0.25, 0.3) is 0 Å². The van der Waals surface area contributed by atoms with Crippen molar-refractivity contribution >= 4 is 37.3 Å². The Labute approximate surface area is 265 Å². The molecule has 2 N–H and O–H groups in total. The van der Waals surface area contributed by atoms with Crippen LogP contribution in [0.15, 0.2) is 41.3 Å². The van der Waals surface area contributed by atoms with Gasteiger partial charge < -0.3 is 19.3 Å². The molecule has 0 radical (unpaired) electrons. The van der Waals surface area contributed by atoms with Crippen molar-refractivity contribution in [2.75, 3.05) is 25.1 Å². The van der Waals surface area contributed by atoms with Crippen molar-refractivity contribution < 1.29 is 47.0 Å². The Balaban J connectivity index is 1.50. The van der Waals surface area contributed by atoms with Crippen LogP contribution in [0.4, 0.5) is 10.6 Å². The Morgan fingerprint density at radius 2 is 2.07 bits per heavy atom. The molecule has 2 aliphatic rings. The lowest BCUT2D eigenvalue weighted by Gasteiger charge is -2.31. The van der Waals surface area contributed by atoms with E-state index in [0.717, 1.165) is 17.4 Å². The highest BCUT2D eigenvalue weighted by Gasteiger charge is 2.57. The Morgan fingerprint density at radius 1 is 1.29 bits per heavy atom. The number of phosphoric acid groups is 1. The van der Waals surface area contributed by atoms with Crippen LogP contribution < -0.4 is 11.0 Å². The SMILES string of the molecule is CCCCCOC(=O)Nc1ccn([C@@H]2O[C@H](COP3(=O)OCC[C@@H](c4cccc(Cl)c4)O3)[C@@H](OC(=O)C(C)C)[C@@]2(C)O)c(=O)n1. The number of aromatic nitrogens is 2. The van der Waals surface area contributed by atoms with Crippen molar-refractivity contribution in [1.82, 2.24) is 9.55 Å². The lowest BCUT2D eigenvalue weighted by molar-refractivity contribution is -0.167. The second-order valence-electron chi connectivity index (χ2n) is 11.2. The average molecular weight is 672 g/mol. The highest BCUT2D eigenvalue weighted by Crippen LogP contribution is 2.57. The monoisotopic (exact) mass is 671 g/mol. The Kier molecular flexibility index (Phi) is 11.8. The first kappa shape index (κ1) is 35.0. The summed E-state index contributed by atoms with van der Waals surface area (Å²) in [5.74, 6) is -1.27. The van der Waals surface area contributed by atoms with Crippen LogP contribution in [-0.2, 0) is 37.1 Å². The fourth-order valence-corrected chi connectivity index (χ4v) is 6.41. The quantitative estimate of drug-likeness (QED) is 0.173. The predicted octanol–water partition coefficient (Wildman–Crippen LogP) is 5.15. The highest BCUT2D eigenvalue weighted by molar-refractivity contribution is 7.48. The van der Waals surface area contributed by atoms with E-state index in [1.165, 1.54) is 19.2 Å². The summed E-state index contributed by atoms with van der Waals surface area (Å²) in [5.41, 5.74) is -2.17. The number of nitrogens with zero attached hydrogens (tertiary/aromatic N) is 2. The van der Waals surface area contributed by atoms with Gasteiger partial charge >= 0.3 is 25.6 Å². The van der Waals surface area contributed by atoms with Crippen molar-refractivity contribution in [3.05, 3.63) is 57.6 Å². The number of nitrogens with one attached hydrogen (secondary N) is 1. The number of phosphoric ester groups is 1. The van der Waals surface area contributed by atoms with Crippen molar-refractivity contribution in [3.63, 3.8) is 0 Å². The molecule has 0 saturated carbocycles. The first-order chi connectivity index (χ1) is 21.3. The minimum Gasteiger partial charge on any atom is -0.456 e. The third-order valence-corrected chi connectivity index (χ3v) is 8.94. The first-order valence-electron chi connectivity index (χ1n) is 14.8. The van der Waals surface area contributed by atoms with Gasteiger partial charge in [-0.1, -0.05) is 57.3 Å². The van der Waals surface area contributed by atoms with E-state index in [1.54, 1.807) is 38.1 Å². The summed E-state index contributed by atoms with van der Waals surface area (Å²) in [6.07, 6.45) is -1.14. The molecule has 3 heterocycles. The van der Waals surface area contributed by atoms with Gasteiger partial charge in [0.25, 0.3) is 0 Å². The molecule has 2 aliphatic heterocycles.